The van der Waals surface area contributed by atoms with E-state index in [1.807, 2.05) is 32.0 Å². The number of urea groups is 1. The number of hydrogen-bond acceptors (Lipinski definition) is 3. The van der Waals surface area contributed by atoms with Crippen molar-refractivity contribution in [1.82, 2.24) is 0 Å². The van der Waals surface area contributed by atoms with Crippen molar-refractivity contribution in [3.8, 4) is 0 Å². The minimum atomic E-state index is -3.21. The van der Waals surface area contributed by atoms with E-state index >= 15 is 0 Å². The van der Waals surface area contributed by atoms with Crippen LogP contribution in [0, 0.1) is 13.8 Å². The summed E-state index contributed by atoms with van der Waals surface area (Å²) in [6.45, 7) is 3.93. The fourth-order valence-electron chi connectivity index (χ4n) is 4.02. The molecule has 4 rings (SSSR count). The van der Waals surface area contributed by atoms with Crippen molar-refractivity contribution in [2.75, 3.05) is 21.3 Å². The molecule has 2 heterocycles. The van der Waals surface area contributed by atoms with Gasteiger partial charge in [-0.1, -0.05) is 23.7 Å². The Bertz CT molecular complexity index is 985. The molecule has 2 atom stereocenters. The highest BCUT2D eigenvalue weighted by molar-refractivity contribution is 7.91. The number of hydrogen-bond donors (Lipinski definition) is 0. The molecule has 0 N–H and O–H groups in total. The van der Waals surface area contributed by atoms with E-state index in [2.05, 4.69) is 0 Å². The fraction of sp³-hybridized carbons (Fsp3) is 0.316. The highest BCUT2D eigenvalue weighted by Gasteiger charge is 2.54. The third-order valence-electron chi connectivity index (χ3n) is 4.94. The number of halogens is 1. The van der Waals surface area contributed by atoms with E-state index in [1.165, 1.54) is 0 Å². The van der Waals surface area contributed by atoms with Crippen molar-refractivity contribution >= 4 is 38.8 Å². The van der Waals surface area contributed by atoms with Crippen LogP contribution in [0.3, 0.4) is 0 Å². The molecule has 0 unspecified atom stereocenters. The molecule has 0 aromatic heterocycles. The molecule has 0 spiro atoms. The van der Waals surface area contributed by atoms with Crippen molar-refractivity contribution in [3.05, 3.63) is 58.6 Å². The Morgan fingerprint density at radius 1 is 0.923 bits per heavy atom. The van der Waals surface area contributed by atoms with Crippen LogP contribution in [0.1, 0.15) is 11.1 Å². The van der Waals surface area contributed by atoms with Crippen LogP contribution in [0.25, 0.3) is 0 Å². The summed E-state index contributed by atoms with van der Waals surface area (Å²) >= 11 is 6.10. The SMILES string of the molecule is Cc1cc(C)cc(N2C(=O)N(c3cccc(Cl)c3)[C@H]3CS(=O)(=O)C[C@@H]32)c1. The minimum absolute atomic E-state index is 0.0204. The van der Waals surface area contributed by atoms with Gasteiger partial charge in [-0.3, -0.25) is 9.80 Å². The van der Waals surface area contributed by atoms with Crippen LogP contribution in [0.5, 0.6) is 0 Å². The summed E-state index contributed by atoms with van der Waals surface area (Å²) in [5, 5.41) is 0.512. The number of benzene rings is 2. The molecule has 26 heavy (non-hydrogen) atoms. The van der Waals surface area contributed by atoms with Crippen molar-refractivity contribution < 1.29 is 13.2 Å². The molecule has 0 bridgehead atoms. The zero-order chi connectivity index (χ0) is 18.6. The maximum atomic E-state index is 13.3. The molecule has 0 aliphatic carbocycles. The molecule has 2 aliphatic heterocycles. The van der Waals surface area contributed by atoms with E-state index < -0.39 is 21.9 Å². The molecule has 136 valence electrons. The van der Waals surface area contributed by atoms with Gasteiger partial charge in [-0.2, -0.15) is 0 Å². The average Bonchev–Trinajstić information content (AvgIpc) is 2.94. The van der Waals surface area contributed by atoms with E-state index in [4.69, 9.17) is 11.6 Å². The lowest BCUT2D eigenvalue weighted by Crippen LogP contribution is -2.38. The van der Waals surface area contributed by atoms with E-state index in [0.29, 0.717) is 10.7 Å². The van der Waals surface area contributed by atoms with Crippen LogP contribution in [0.2, 0.25) is 5.02 Å². The first-order chi connectivity index (χ1) is 12.2. The second kappa shape index (κ2) is 5.99. The van der Waals surface area contributed by atoms with Crippen LogP contribution in [-0.2, 0) is 9.84 Å². The van der Waals surface area contributed by atoms with Crippen molar-refractivity contribution in [1.29, 1.82) is 0 Å². The summed E-state index contributed by atoms with van der Waals surface area (Å²) in [5.41, 5.74) is 3.43. The van der Waals surface area contributed by atoms with Gasteiger partial charge in [-0.15, -0.1) is 0 Å². The van der Waals surface area contributed by atoms with Gasteiger partial charge in [0.2, 0.25) is 0 Å². The average molecular weight is 391 g/mol. The molecule has 0 radical (unpaired) electrons. The maximum absolute atomic E-state index is 13.3. The smallest absolute Gasteiger partial charge is 0.288 e. The van der Waals surface area contributed by atoms with E-state index in [1.54, 1.807) is 34.1 Å². The quantitative estimate of drug-likeness (QED) is 0.736. The van der Waals surface area contributed by atoms with Gasteiger partial charge < -0.3 is 0 Å². The molecule has 2 aromatic carbocycles. The van der Waals surface area contributed by atoms with Crippen molar-refractivity contribution in [2.24, 2.45) is 0 Å². The first-order valence-corrected chi connectivity index (χ1v) is 10.6. The Morgan fingerprint density at radius 2 is 1.50 bits per heavy atom. The second-order valence-electron chi connectivity index (χ2n) is 7.06. The summed E-state index contributed by atoms with van der Waals surface area (Å²) < 4.78 is 24.6. The number of carbonyl (C=O) groups is 1. The Kier molecular flexibility index (Phi) is 4.00. The number of nitrogens with zero attached hydrogens (tertiary/aromatic N) is 2. The number of anilines is 2. The number of carbonyl (C=O) groups excluding carboxylic acids is 1. The number of amides is 2. The molecule has 0 saturated carbocycles. The summed E-state index contributed by atoms with van der Waals surface area (Å²) in [6, 6.07) is 11.9. The van der Waals surface area contributed by atoms with Crippen molar-refractivity contribution in [2.45, 2.75) is 25.9 Å². The van der Waals surface area contributed by atoms with Gasteiger partial charge in [0, 0.05) is 16.4 Å². The molecule has 2 amide bonds. The number of rotatable bonds is 2. The molecule has 2 saturated heterocycles. The predicted octanol–water partition coefficient (Wildman–Crippen LogP) is 3.57. The highest BCUT2D eigenvalue weighted by atomic mass is 35.5. The van der Waals surface area contributed by atoms with Gasteiger partial charge in [-0.25, -0.2) is 13.2 Å². The van der Waals surface area contributed by atoms with Gasteiger partial charge >= 0.3 is 6.03 Å². The lowest BCUT2D eigenvalue weighted by molar-refractivity contribution is 0.255. The second-order valence-corrected chi connectivity index (χ2v) is 9.65. The summed E-state index contributed by atoms with van der Waals surface area (Å²) in [5.74, 6) is -0.0509. The lowest BCUT2D eigenvalue weighted by atomic mass is 10.1. The number of sulfone groups is 1. The Hall–Kier alpha value is -2.05. The molecule has 7 heteroatoms. The molecular weight excluding hydrogens is 372 g/mol. The Labute approximate surface area is 158 Å². The summed E-state index contributed by atoms with van der Waals surface area (Å²) in [4.78, 5) is 16.5. The van der Waals surface area contributed by atoms with Crippen molar-refractivity contribution in [3.63, 3.8) is 0 Å². The topological polar surface area (TPSA) is 57.7 Å². The lowest BCUT2D eigenvalue weighted by Gasteiger charge is -2.23. The molecule has 2 fully saturated rings. The van der Waals surface area contributed by atoms with Crippen LogP contribution in [0.4, 0.5) is 16.2 Å². The van der Waals surface area contributed by atoms with Gasteiger partial charge in [0.05, 0.1) is 23.6 Å². The maximum Gasteiger partial charge on any atom is 0.329 e. The number of fused-ring (bicyclic) bond motifs is 1. The zero-order valence-electron chi connectivity index (χ0n) is 14.5. The van der Waals surface area contributed by atoms with Gasteiger partial charge in [-0.05, 0) is 55.3 Å². The monoisotopic (exact) mass is 390 g/mol. The van der Waals surface area contributed by atoms with Crippen LogP contribution in [-0.4, -0.2) is 38.0 Å². The number of aryl methyl sites for hydroxylation is 2. The normalized spacial score (nSPS) is 24.2. The van der Waals surface area contributed by atoms with Gasteiger partial charge in [0.25, 0.3) is 0 Å². The first-order valence-electron chi connectivity index (χ1n) is 8.42. The summed E-state index contributed by atoms with van der Waals surface area (Å²) in [7, 11) is -3.21. The molecule has 2 aromatic rings. The third kappa shape index (κ3) is 2.87. The van der Waals surface area contributed by atoms with Gasteiger partial charge in [0.15, 0.2) is 9.84 Å². The van der Waals surface area contributed by atoms with Crippen LogP contribution >= 0.6 is 11.6 Å². The van der Waals surface area contributed by atoms with Crippen LogP contribution in [0.15, 0.2) is 42.5 Å². The minimum Gasteiger partial charge on any atom is -0.288 e. The highest BCUT2D eigenvalue weighted by Crippen LogP contribution is 2.38. The predicted molar refractivity (Wildman–Crippen MR) is 104 cm³/mol. The van der Waals surface area contributed by atoms with E-state index in [9.17, 15) is 13.2 Å². The Balaban J connectivity index is 1.84. The van der Waals surface area contributed by atoms with E-state index in [-0.39, 0.29) is 17.5 Å². The molecule has 2 aliphatic rings. The van der Waals surface area contributed by atoms with Crippen LogP contribution < -0.4 is 9.80 Å². The van der Waals surface area contributed by atoms with Gasteiger partial charge in [0.1, 0.15) is 0 Å². The molecular formula is C19H19ClN2O3S. The summed E-state index contributed by atoms with van der Waals surface area (Å²) in [6.07, 6.45) is 0. The molecule has 5 nitrogen and oxygen atoms in total. The largest absolute Gasteiger partial charge is 0.329 e. The van der Waals surface area contributed by atoms with E-state index in [0.717, 1.165) is 16.8 Å². The fourth-order valence-corrected chi connectivity index (χ4v) is 6.13. The zero-order valence-corrected chi connectivity index (χ0v) is 16.1. The Morgan fingerprint density at radius 3 is 2.08 bits per heavy atom. The standard InChI is InChI=1S/C19H19ClN2O3S/c1-12-6-13(2)8-16(7-12)22-18-11-26(24,25)10-17(18)21(19(22)23)15-5-3-4-14(20)9-15/h3-9,17-18H,10-11H2,1-2H3/t17-,18-/m0/s1. The first kappa shape index (κ1) is 17.4. The third-order valence-corrected chi connectivity index (χ3v) is 6.87.